The zero-order chi connectivity index (χ0) is 12.1. The van der Waals surface area contributed by atoms with Gasteiger partial charge in [0.15, 0.2) is 0 Å². The highest BCUT2D eigenvalue weighted by Gasteiger charge is 1.98. The van der Waals surface area contributed by atoms with Crippen LogP contribution >= 0.6 is 11.3 Å². The molecule has 1 aromatic heterocycles. The summed E-state index contributed by atoms with van der Waals surface area (Å²) in [6.45, 7) is 7.26. The summed E-state index contributed by atoms with van der Waals surface area (Å²) in [5.41, 5.74) is 3.81. The Labute approximate surface area is 105 Å². The van der Waals surface area contributed by atoms with Crippen molar-refractivity contribution >= 4 is 41.7 Å². The molecule has 1 aromatic carbocycles. The predicted octanol–water partition coefficient (Wildman–Crippen LogP) is 4.47. The summed E-state index contributed by atoms with van der Waals surface area (Å²) < 4.78 is 0. The molecule has 84 valence electrons. The second-order valence-corrected chi connectivity index (χ2v) is 4.18. The summed E-state index contributed by atoms with van der Waals surface area (Å²) in [6.07, 6.45) is 3.64. The van der Waals surface area contributed by atoms with Gasteiger partial charge in [0.25, 0.3) is 0 Å². The Morgan fingerprint density at radius 2 is 1.88 bits per heavy atom. The van der Waals surface area contributed by atoms with Crippen molar-refractivity contribution in [3.05, 3.63) is 52.7 Å². The van der Waals surface area contributed by atoms with E-state index in [1.54, 1.807) is 11.3 Å². The Hall–Kier alpha value is -2.00. The van der Waals surface area contributed by atoms with Crippen LogP contribution in [0.25, 0.3) is 6.08 Å². The van der Waals surface area contributed by atoms with Crippen LogP contribution in [0.3, 0.4) is 0 Å². The molecule has 2 aromatic rings. The second-order valence-electron chi connectivity index (χ2n) is 3.43. The summed E-state index contributed by atoms with van der Waals surface area (Å²) in [5, 5.41) is 3.89. The number of thiophene rings is 1. The molecule has 1 heterocycles. The normalized spacial score (nSPS) is 10.6. The fraction of sp³-hybridized carbons (Fsp3) is 0. The SMILES string of the molecule is C=Cc1cccc(C=Nc2cscc2N=C)c1. The summed E-state index contributed by atoms with van der Waals surface area (Å²) in [6, 6.07) is 8.03. The van der Waals surface area contributed by atoms with Gasteiger partial charge in [-0.05, 0) is 23.9 Å². The monoisotopic (exact) mass is 240 g/mol. The van der Waals surface area contributed by atoms with Crippen LogP contribution < -0.4 is 0 Å². The molecular formula is C14H12N2S. The molecule has 0 saturated heterocycles. The summed E-state index contributed by atoms with van der Waals surface area (Å²) >= 11 is 1.57. The topological polar surface area (TPSA) is 24.7 Å². The third-order valence-electron chi connectivity index (χ3n) is 2.29. The lowest BCUT2D eigenvalue weighted by Crippen LogP contribution is -1.80. The molecule has 0 aliphatic rings. The molecule has 0 spiro atoms. The van der Waals surface area contributed by atoms with Gasteiger partial charge in [0, 0.05) is 17.0 Å². The molecule has 2 nitrogen and oxygen atoms in total. The third kappa shape index (κ3) is 2.77. The lowest BCUT2D eigenvalue weighted by Gasteiger charge is -1.96. The maximum atomic E-state index is 4.40. The highest BCUT2D eigenvalue weighted by atomic mass is 32.1. The highest BCUT2D eigenvalue weighted by Crippen LogP contribution is 2.31. The largest absolute Gasteiger partial charge is 0.262 e. The minimum absolute atomic E-state index is 0.825. The van der Waals surface area contributed by atoms with E-state index >= 15 is 0 Å². The zero-order valence-corrected chi connectivity index (χ0v) is 10.2. The molecule has 0 radical (unpaired) electrons. The van der Waals surface area contributed by atoms with E-state index in [2.05, 4.69) is 23.3 Å². The molecule has 0 bridgehead atoms. The van der Waals surface area contributed by atoms with Crippen LogP contribution in [0.5, 0.6) is 0 Å². The minimum atomic E-state index is 0.825. The molecule has 0 atom stereocenters. The Morgan fingerprint density at radius 3 is 2.65 bits per heavy atom. The number of nitrogens with zero attached hydrogens (tertiary/aromatic N) is 2. The van der Waals surface area contributed by atoms with E-state index in [1.165, 1.54) is 0 Å². The average molecular weight is 240 g/mol. The van der Waals surface area contributed by atoms with Gasteiger partial charge in [-0.25, -0.2) is 0 Å². The van der Waals surface area contributed by atoms with Gasteiger partial charge in [0.1, 0.15) is 0 Å². The van der Waals surface area contributed by atoms with E-state index in [-0.39, 0.29) is 0 Å². The van der Waals surface area contributed by atoms with Gasteiger partial charge in [-0.1, -0.05) is 30.9 Å². The van der Waals surface area contributed by atoms with Gasteiger partial charge in [0.2, 0.25) is 0 Å². The maximum Gasteiger partial charge on any atom is 0.0993 e. The quantitative estimate of drug-likeness (QED) is 0.704. The first kappa shape index (κ1) is 11.5. The number of hydrogen-bond donors (Lipinski definition) is 0. The van der Waals surface area contributed by atoms with Gasteiger partial charge in [-0.15, -0.1) is 11.3 Å². The standard InChI is InChI=1S/C14H12N2S/c1-3-11-5-4-6-12(7-11)8-16-14-10-17-9-13(14)15-2/h3-10H,1-2H2. The van der Waals surface area contributed by atoms with Crippen LogP contribution in [0.15, 0.2) is 51.6 Å². The van der Waals surface area contributed by atoms with Crippen molar-refractivity contribution in [1.82, 2.24) is 0 Å². The van der Waals surface area contributed by atoms with E-state index in [9.17, 15) is 0 Å². The molecule has 0 aliphatic carbocycles. The third-order valence-corrected chi connectivity index (χ3v) is 3.01. The molecule has 0 unspecified atom stereocenters. The molecule has 3 heteroatoms. The molecular weight excluding hydrogens is 228 g/mol. The summed E-state index contributed by atoms with van der Waals surface area (Å²) in [5.74, 6) is 0. The van der Waals surface area contributed by atoms with Crippen LogP contribution in [0.4, 0.5) is 11.4 Å². The van der Waals surface area contributed by atoms with E-state index in [0.29, 0.717) is 0 Å². The lowest BCUT2D eigenvalue weighted by molar-refractivity contribution is 1.52. The molecule has 0 fully saturated rings. The molecule has 2 rings (SSSR count). The second kappa shape index (κ2) is 5.37. The van der Waals surface area contributed by atoms with Gasteiger partial charge >= 0.3 is 0 Å². The molecule has 17 heavy (non-hydrogen) atoms. The van der Waals surface area contributed by atoms with Crippen molar-refractivity contribution in [3.8, 4) is 0 Å². The van der Waals surface area contributed by atoms with Crippen molar-refractivity contribution < 1.29 is 0 Å². The van der Waals surface area contributed by atoms with Gasteiger partial charge < -0.3 is 0 Å². The zero-order valence-electron chi connectivity index (χ0n) is 9.34. The average Bonchev–Trinajstić information content (AvgIpc) is 2.84. The van der Waals surface area contributed by atoms with Gasteiger partial charge in [-0.3, -0.25) is 9.98 Å². The van der Waals surface area contributed by atoms with Crippen molar-refractivity contribution in [2.75, 3.05) is 0 Å². The molecule has 0 amide bonds. The van der Waals surface area contributed by atoms with Crippen molar-refractivity contribution in [1.29, 1.82) is 0 Å². The Kier molecular flexibility index (Phi) is 3.62. The first-order valence-corrected chi connectivity index (χ1v) is 6.07. The minimum Gasteiger partial charge on any atom is -0.262 e. The van der Waals surface area contributed by atoms with Crippen molar-refractivity contribution in [3.63, 3.8) is 0 Å². The smallest absolute Gasteiger partial charge is 0.0993 e. The summed E-state index contributed by atoms with van der Waals surface area (Å²) in [4.78, 5) is 8.31. The fourth-order valence-electron chi connectivity index (χ4n) is 1.41. The number of hydrogen-bond acceptors (Lipinski definition) is 3. The fourth-order valence-corrected chi connectivity index (χ4v) is 2.11. The Morgan fingerprint density at radius 1 is 1.12 bits per heavy atom. The van der Waals surface area contributed by atoms with Gasteiger partial charge in [0.05, 0.1) is 11.4 Å². The lowest BCUT2D eigenvalue weighted by atomic mass is 10.1. The van der Waals surface area contributed by atoms with E-state index in [4.69, 9.17) is 0 Å². The van der Waals surface area contributed by atoms with Crippen molar-refractivity contribution in [2.45, 2.75) is 0 Å². The van der Waals surface area contributed by atoms with Crippen LogP contribution in [-0.2, 0) is 0 Å². The first-order valence-electron chi connectivity index (χ1n) is 5.13. The highest BCUT2D eigenvalue weighted by molar-refractivity contribution is 7.08. The van der Waals surface area contributed by atoms with Crippen LogP contribution in [0.2, 0.25) is 0 Å². The maximum absolute atomic E-state index is 4.40. The van der Waals surface area contributed by atoms with Crippen molar-refractivity contribution in [2.24, 2.45) is 9.98 Å². The van der Waals surface area contributed by atoms with E-state index < -0.39 is 0 Å². The van der Waals surface area contributed by atoms with E-state index in [0.717, 1.165) is 22.5 Å². The van der Waals surface area contributed by atoms with Gasteiger partial charge in [-0.2, -0.15) is 0 Å². The molecule has 0 saturated carbocycles. The number of benzene rings is 1. The molecule has 0 aliphatic heterocycles. The molecule has 0 N–H and O–H groups in total. The number of aliphatic imine (C=N–C) groups is 2. The van der Waals surface area contributed by atoms with E-state index in [1.807, 2.05) is 47.3 Å². The summed E-state index contributed by atoms with van der Waals surface area (Å²) in [7, 11) is 0. The predicted molar refractivity (Wildman–Crippen MR) is 77.3 cm³/mol. The van der Waals surface area contributed by atoms with Crippen LogP contribution in [0.1, 0.15) is 11.1 Å². The first-order chi connectivity index (χ1) is 8.33. The van der Waals surface area contributed by atoms with Crippen LogP contribution in [0, 0.1) is 0 Å². The number of rotatable bonds is 4. The Balaban J connectivity index is 2.25. The van der Waals surface area contributed by atoms with Crippen LogP contribution in [-0.4, -0.2) is 12.9 Å². The Bertz CT molecular complexity index is 567.